The van der Waals surface area contributed by atoms with Crippen molar-refractivity contribution in [2.24, 2.45) is 0 Å². The highest BCUT2D eigenvalue weighted by molar-refractivity contribution is 9.10. The summed E-state index contributed by atoms with van der Waals surface area (Å²) >= 11 is 3.37. The third-order valence-electron chi connectivity index (χ3n) is 5.08. The molecule has 0 aliphatic rings. The summed E-state index contributed by atoms with van der Waals surface area (Å²) in [6.45, 7) is 0.237. The van der Waals surface area contributed by atoms with Gasteiger partial charge in [0, 0.05) is 28.7 Å². The highest BCUT2D eigenvalue weighted by atomic mass is 79.9. The van der Waals surface area contributed by atoms with Crippen LogP contribution in [-0.2, 0) is 11.3 Å². The summed E-state index contributed by atoms with van der Waals surface area (Å²) in [4.78, 5) is 33.8. The lowest BCUT2D eigenvalue weighted by atomic mass is 10.2. The minimum atomic E-state index is -0.194. The van der Waals surface area contributed by atoms with Crippen LogP contribution >= 0.6 is 15.9 Å². The van der Waals surface area contributed by atoms with Gasteiger partial charge in [-0.1, -0.05) is 28.1 Å². The molecule has 3 aromatic carbocycles. The number of para-hydroxylation sites is 2. The van der Waals surface area contributed by atoms with Crippen LogP contribution in [0.5, 0.6) is 0 Å². The lowest BCUT2D eigenvalue weighted by molar-refractivity contribution is -0.116. The summed E-state index contributed by atoms with van der Waals surface area (Å²) < 4.78 is 8.03. The number of aromatic nitrogens is 3. The Labute approximate surface area is 190 Å². The number of carbonyl (C=O) groups excluding carboxylic acids is 1. The second-order valence-electron chi connectivity index (χ2n) is 7.27. The Kier molecular flexibility index (Phi) is 5.28. The van der Waals surface area contributed by atoms with E-state index in [0.29, 0.717) is 22.5 Å². The molecule has 2 heterocycles. The second kappa shape index (κ2) is 8.39. The van der Waals surface area contributed by atoms with Crippen LogP contribution in [0.15, 0.2) is 86.7 Å². The van der Waals surface area contributed by atoms with Gasteiger partial charge in [-0.3, -0.25) is 14.2 Å². The minimum absolute atomic E-state index is 0.147. The summed E-state index contributed by atoms with van der Waals surface area (Å²) in [5.41, 5.74) is 3.45. The first-order valence-electron chi connectivity index (χ1n) is 9.97. The Morgan fingerprint density at radius 1 is 1.03 bits per heavy atom. The quantitative estimate of drug-likeness (QED) is 0.376. The molecule has 0 radical (unpaired) electrons. The number of carbonyl (C=O) groups is 1. The molecule has 0 bridgehead atoms. The molecular weight excluding hydrogens is 472 g/mol. The van der Waals surface area contributed by atoms with Gasteiger partial charge in [-0.2, -0.15) is 0 Å². The van der Waals surface area contributed by atoms with E-state index in [4.69, 9.17) is 4.42 Å². The van der Waals surface area contributed by atoms with E-state index in [0.717, 1.165) is 21.1 Å². The average Bonchev–Trinajstić information content (AvgIpc) is 3.24. The van der Waals surface area contributed by atoms with Gasteiger partial charge >= 0.3 is 0 Å². The first-order valence-corrected chi connectivity index (χ1v) is 10.8. The monoisotopic (exact) mass is 488 g/mol. The molecule has 5 aromatic rings. The molecule has 8 heteroatoms. The number of aryl methyl sites for hydroxylation is 1. The minimum Gasteiger partial charge on any atom is -0.436 e. The number of nitrogens with one attached hydrogen (secondary N) is 1. The Hall–Kier alpha value is -3.78. The molecule has 32 heavy (non-hydrogen) atoms. The normalized spacial score (nSPS) is 11.2. The lowest BCUT2D eigenvalue weighted by Gasteiger charge is -2.08. The molecule has 0 saturated heterocycles. The summed E-state index contributed by atoms with van der Waals surface area (Å²) in [5.74, 6) is 0.333. The maximum absolute atomic E-state index is 12.6. The zero-order valence-corrected chi connectivity index (χ0v) is 18.4. The third kappa shape index (κ3) is 4.04. The van der Waals surface area contributed by atoms with Crippen molar-refractivity contribution in [2.45, 2.75) is 13.0 Å². The van der Waals surface area contributed by atoms with Crippen LogP contribution in [-0.4, -0.2) is 20.4 Å². The Morgan fingerprint density at radius 3 is 2.66 bits per heavy atom. The summed E-state index contributed by atoms with van der Waals surface area (Å²) in [6.07, 6.45) is 1.62. The van der Waals surface area contributed by atoms with Crippen molar-refractivity contribution in [3.05, 3.63) is 87.9 Å². The van der Waals surface area contributed by atoms with E-state index in [1.54, 1.807) is 24.3 Å². The van der Waals surface area contributed by atoms with E-state index in [-0.39, 0.29) is 24.4 Å². The highest BCUT2D eigenvalue weighted by Gasteiger charge is 2.10. The first-order chi connectivity index (χ1) is 15.6. The topological polar surface area (TPSA) is 90.0 Å². The summed E-state index contributed by atoms with van der Waals surface area (Å²) in [6, 6.07) is 20.2. The number of amides is 1. The number of oxazole rings is 1. The summed E-state index contributed by atoms with van der Waals surface area (Å²) in [5, 5.41) is 3.36. The third-order valence-corrected chi connectivity index (χ3v) is 5.57. The molecule has 0 atom stereocenters. The van der Waals surface area contributed by atoms with Crippen molar-refractivity contribution in [1.82, 2.24) is 14.5 Å². The van der Waals surface area contributed by atoms with Gasteiger partial charge < -0.3 is 9.73 Å². The largest absolute Gasteiger partial charge is 0.436 e. The van der Waals surface area contributed by atoms with E-state index in [9.17, 15) is 9.59 Å². The van der Waals surface area contributed by atoms with Crippen molar-refractivity contribution in [3.63, 3.8) is 0 Å². The van der Waals surface area contributed by atoms with Crippen LogP contribution in [0.2, 0.25) is 0 Å². The van der Waals surface area contributed by atoms with Gasteiger partial charge in [-0.15, -0.1) is 0 Å². The van der Waals surface area contributed by atoms with Crippen molar-refractivity contribution < 1.29 is 9.21 Å². The average molecular weight is 489 g/mol. The molecule has 0 fully saturated rings. The molecule has 0 spiro atoms. The molecule has 5 rings (SSSR count). The van der Waals surface area contributed by atoms with Gasteiger partial charge in [-0.25, -0.2) is 9.97 Å². The molecule has 0 saturated carbocycles. The van der Waals surface area contributed by atoms with Gasteiger partial charge in [0.2, 0.25) is 11.8 Å². The van der Waals surface area contributed by atoms with Crippen molar-refractivity contribution >= 4 is 49.5 Å². The van der Waals surface area contributed by atoms with Crippen LogP contribution in [0.4, 0.5) is 5.69 Å². The smallest absolute Gasteiger partial charge is 0.261 e. The van der Waals surface area contributed by atoms with Crippen LogP contribution in [0.25, 0.3) is 33.5 Å². The lowest BCUT2D eigenvalue weighted by Crippen LogP contribution is -2.23. The number of anilines is 1. The van der Waals surface area contributed by atoms with Gasteiger partial charge in [0.15, 0.2) is 5.58 Å². The number of benzene rings is 3. The number of hydrogen-bond donors (Lipinski definition) is 1. The maximum atomic E-state index is 12.6. The molecule has 2 aromatic heterocycles. The van der Waals surface area contributed by atoms with E-state index in [2.05, 4.69) is 31.2 Å². The highest BCUT2D eigenvalue weighted by Crippen LogP contribution is 2.25. The van der Waals surface area contributed by atoms with E-state index in [1.807, 2.05) is 42.5 Å². The molecule has 158 valence electrons. The van der Waals surface area contributed by atoms with Gasteiger partial charge in [0.25, 0.3) is 5.56 Å². The SMILES string of the molecule is O=C(CCn1cnc2ccc(Br)cc2c1=O)Nc1ccc(-c2nc3ccccc3o2)cc1. The number of halogens is 1. The zero-order chi connectivity index (χ0) is 22.1. The van der Waals surface area contributed by atoms with E-state index in [1.165, 1.54) is 10.9 Å². The molecule has 0 aliphatic carbocycles. The number of rotatable bonds is 5. The predicted octanol–water partition coefficient (Wildman–Crippen LogP) is 5.00. The van der Waals surface area contributed by atoms with Crippen molar-refractivity contribution in [2.75, 3.05) is 5.32 Å². The summed E-state index contributed by atoms with van der Waals surface area (Å²) in [7, 11) is 0. The Morgan fingerprint density at radius 2 is 1.84 bits per heavy atom. The molecule has 0 unspecified atom stereocenters. The molecule has 1 N–H and O–H groups in total. The van der Waals surface area contributed by atoms with Gasteiger partial charge in [0.05, 0.1) is 17.2 Å². The molecule has 1 amide bonds. The van der Waals surface area contributed by atoms with Crippen LogP contribution in [0, 0.1) is 0 Å². The molecule has 7 nitrogen and oxygen atoms in total. The second-order valence-corrected chi connectivity index (χ2v) is 8.18. The van der Waals surface area contributed by atoms with Crippen LogP contribution in [0.1, 0.15) is 6.42 Å². The standard InChI is InChI=1S/C24H17BrN4O3/c25-16-7-10-19-18(13-16)24(31)29(14-26-19)12-11-22(30)27-17-8-5-15(6-9-17)23-28-20-3-1-2-4-21(20)32-23/h1-10,13-14H,11-12H2,(H,27,30). The van der Waals surface area contributed by atoms with Crippen LogP contribution < -0.4 is 10.9 Å². The molecular formula is C24H17BrN4O3. The Balaban J connectivity index is 1.25. The van der Waals surface area contributed by atoms with Crippen molar-refractivity contribution in [3.8, 4) is 11.5 Å². The Bertz CT molecular complexity index is 1470. The number of hydrogen-bond acceptors (Lipinski definition) is 5. The number of fused-ring (bicyclic) bond motifs is 2. The van der Waals surface area contributed by atoms with Crippen LogP contribution in [0.3, 0.4) is 0 Å². The fourth-order valence-corrected chi connectivity index (χ4v) is 3.79. The van der Waals surface area contributed by atoms with E-state index < -0.39 is 0 Å². The number of nitrogens with zero attached hydrogens (tertiary/aromatic N) is 3. The fraction of sp³-hybridized carbons (Fsp3) is 0.0833. The maximum Gasteiger partial charge on any atom is 0.261 e. The van der Waals surface area contributed by atoms with Gasteiger partial charge in [-0.05, 0) is 54.6 Å². The fourth-order valence-electron chi connectivity index (χ4n) is 3.43. The van der Waals surface area contributed by atoms with Crippen molar-refractivity contribution in [1.29, 1.82) is 0 Å². The predicted molar refractivity (Wildman–Crippen MR) is 126 cm³/mol. The first kappa shape index (κ1) is 20.1. The van der Waals surface area contributed by atoms with Gasteiger partial charge in [0.1, 0.15) is 5.52 Å². The van der Waals surface area contributed by atoms with E-state index >= 15 is 0 Å². The molecule has 0 aliphatic heterocycles. The zero-order valence-electron chi connectivity index (χ0n) is 16.8.